The van der Waals surface area contributed by atoms with Crippen molar-refractivity contribution in [1.82, 2.24) is 0 Å². The van der Waals surface area contributed by atoms with Crippen LogP contribution in [0.3, 0.4) is 0 Å². The first-order valence-electron chi connectivity index (χ1n) is 3.70. The maximum Gasteiger partial charge on any atom is 0.534 e. The lowest BCUT2D eigenvalue weighted by molar-refractivity contribution is -0.0527. The van der Waals surface area contributed by atoms with E-state index in [0.717, 1.165) is 0 Å². The molecular weight excluding hydrogens is 261 g/mol. The summed E-state index contributed by atoms with van der Waals surface area (Å²) in [6.45, 7) is -0.0802. The van der Waals surface area contributed by atoms with Crippen molar-refractivity contribution in [2.24, 2.45) is 0 Å². The van der Waals surface area contributed by atoms with Crippen molar-refractivity contribution in [3.8, 4) is 0 Å². The molecule has 0 unspecified atom stereocenters. The SMILES string of the molecule is O=S(=O)(OC1=C(Cl)COCC1)C(F)(F)F. The zero-order chi connectivity index (χ0) is 11.7. The summed E-state index contributed by atoms with van der Waals surface area (Å²) in [6.07, 6.45) is -0.103. The molecule has 88 valence electrons. The van der Waals surface area contributed by atoms with Crippen LogP contribution in [0.25, 0.3) is 0 Å². The van der Waals surface area contributed by atoms with Crippen molar-refractivity contribution in [1.29, 1.82) is 0 Å². The molecule has 0 radical (unpaired) electrons. The number of ether oxygens (including phenoxy) is 1. The van der Waals surface area contributed by atoms with Gasteiger partial charge in [0.05, 0.1) is 18.2 Å². The highest BCUT2D eigenvalue weighted by molar-refractivity contribution is 7.87. The third-order valence-electron chi connectivity index (χ3n) is 1.50. The Labute approximate surface area is 88.7 Å². The summed E-state index contributed by atoms with van der Waals surface area (Å²) < 4.78 is 65.5. The molecule has 0 spiro atoms. The second-order valence-corrected chi connectivity index (χ2v) is 4.61. The van der Waals surface area contributed by atoms with Gasteiger partial charge in [-0.05, 0) is 0 Å². The number of alkyl halides is 3. The van der Waals surface area contributed by atoms with E-state index in [0.29, 0.717) is 0 Å². The standard InChI is InChI=1S/C6H6ClF3O4S/c7-4-3-13-2-1-5(4)14-15(11,12)6(8,9)10/h1-3H2. The van der Waals surface area contributed by atoms with Gasteiger partial charge in [0, 0.05) is 6.42 Å². The molecule has 0 amide bonds. The Morgan fingerprint density at radius 3 is 2.47 bits per heavy atom. The Morgan fingerprint density at radius 2 is 2.00 bits per heavy atom. The van der Waals surface area contributed by atoms with Gasteiger partial charge in [-0.1, -0.05) is 11.6 Å². The monoisotopic (exact) mass is 266 g/mol. The van der Waals surface area contributed by atoms with Crippen molar-refractivity contribution >= 4 is 21.7 Å². The van der Waals surface area contributed by atoms with E-state index in [1.165, 1.54) is 0 Å². The van der Waals surface area contributed by atoms with Crippen molar-refractivity contribution in [3.63, 3.8) is 0 Å². The van der Waals surface area contributed by atoms with Gasteiger partial charge in [-0.2, -0.15) is 21.6 Å². The summed E-state index contributed by atoms with van der Waals surface area (Å²) in [4.78, 5) is 0. The molecular formula is C6H6ClF3O4S. The van der Waals surface area contributed by atoms with Gasteiger partial charge >= 0.3 is 15.6 Å². The predicted molar refractivity (Wildman–Crippen MR) is 44.4 cm³/mol. The van der Waals surface area contributed by atoms with Gasteiger partial charge in [0.25, 0.3) is 0 Å². The fourth-order valence-corrected chi connectivity index (χ4v) is 1.61. The third kappa shape index (κ3) is 2.99. The molecule has 0 saturated carbocycles. The maximum atomic E-state index is 11.9. The number of hydrogen-bond acceptors (Lipinski definition) is 4. The van der Waals surface area contributed by atoms with Crippen LogP contribution >= 0.6 is 11.6 Å². The van der Waals surface area contributed by atoms with Crippen molar-refractivity contribution in [2.45, 2.75) is 11.9 Å². The van der Waals surface area contributed by atoms with Gasteiger partial charge < -0.3 is 8.92 Å². The fraction of sp³-hybridized carbons (Fsp3) is 0.667. The van der Waals surface area contributed by atoms with Gasteiger partial charge in [0.1, 0.15) is 5.76 Å². The van der Waals surface area contributed by atoms with Gasteiger partial charge in [0.2, 0.25) is 0 Å². The van der Waals surface area contributed by atoms with Gasteiger partial charge in [-0.15, -0.1) is 0 Å². The third-order valence-corrected chi connectivity index (χ3v) is 2.81. The van der Waals surface area contributed by atoms with Crippen LogP contribution in [0.2, 0.25) is 0 Å². The van der Waals surface area contributed by atoms with Gasteiger partial charge in [-0.25, -0.2) is 0 Å². The number of halogens is 4. The molecule has 9 heteroatoms. The van der Waals surface area contributed by atoms with Gasteiger partial charge in [0.15, 0.2) is 0 Å². The zero-order valence-corrected chi connectivity index (χ0v) is 8.75. The largest absolute Gasteiger partial charge is 0.534 e. The summed E-state index contributed by atoms with van der Waals surface area (Å²) >= 11 is 5.44. The lowest BCUT2D eigenvalue weighted by atomic mass is 10.3. The van der Waals surface area contributed by atoms with Crippen molar-refractivity contribution < 1.29 is 30.5 Å². The first-order valence-corrected chi connectivity index (χ1v) is 5.48. The molecule has 0 atom stereocenters. The van der Waals surface area contributed by atoms with Crippen LogP contribution in [0.4, 0.5) is 13.2 Å². The van der Waals surface area contributed by atoms with Crippen molar-refractivity contribution in [2.75, 3.05) is 13.2 Å². The summed E-state index contributed by atoms with van der Waals surface area (Å²) in [5.41, 5.74) is -5.45. The second-order valence-electron chi connectivity index (χ2n) is 2.61. The Morgan fingerprint density at radius 1 is 1.40 bits per heavy atom. The van der Waals surface area contributed by atoms with Crippen LogP contribution in [0, 0.1) is 0 Å². The normalized spacial score (nSPS) is 19.2. The molecule has 4 nitrogen and oxygen atoms in total. The van der Waals surface area contributed by atoms with E-state index in [4.69, 9.17) is 16.3 Å². The second kappa shape index (κ2) is 4.18. The first kappa shape index (κ1) is 12.6. The molecule has 1 heterocycles. The minimum Gasteiger partial charge on any atom is -0.379 e. The molecule has 0 bridgehead atoms. The summed E-state index contributed by atoms with van der Waals surface area (Å²) in [6, 6.07) is 0. The molecule has 15 heavy (non-hydrogen) atoms. The van der Waals surface area contributed by atoms with Crippen LogP contribution in [0.5, 0.6) is 0 Å². The lowest BCUT2D eigenvalue weighted by Gasteiger charge is -2.17. The van der Waals surface area contributed by atoms with E-state index in [2.05, 4.69) is 4.18 Å². The highest BCUT2D eigenvalue weighted by atomic mass is 35.5. The first-order chi connectivity index (χ1) is 6.74. The van der Waals surface area contributed by atoms with Crippen LogP contribution < -0.4 is 0 Å². The average Bonchev–Trinajstić information content (AvgIpc) is 2.06. The molecule has 1 aliphatic rings. The lowest BCUT2D eigenvalue weighted by Crippen LogP contribution is -2.26. The molecule has 0 aromatic heterocycles. The quantitative estimate of drug-likeness (QED) is 0.564. The molecule has 0 aromatic rings. The summed E-state index contributed by atoms with van der Waals surface area (Å²) in [7, 11) is -5.63. The minimum atomic E-state index is -5.63. The Bertz CT molecular complexity index is 372. The average molecular weight is 267 g/mol. The minimum absolute atomic E-state index is 0.0684. The van der Waals surface area contributed by atoms with Crippen LogP contribution in [-0.4, -0.2) is 27.1 Å². The van der Waals surface area contributed by atoms with Crippen LogP contribution in [0.15, 0.2) is 10.8 Å². The van der Waals surface area contributed by atoms with E-state index in [1.54, 1.807) is 0 Å². The molecule has 0 N–H and O–H groups in total. The Hall–Kier alpha value is -0.470. The molecule has 0 aromatic carbocycles. The van der Waals surface area contributed by atoms with E-state index >= 15 is 0 Å². The smallest absolute Gasteiger partial charge is 0.379 e. The molecule has 1 aliphatic heterocycles. The fourth-order valence-electron chi connectivity index (χ4n) is 0.809. The summed E-state index contributed by atoms with van der Waals surface area (Å²) in [5.74, 6) is -0.416. The van der Waals surface area contributed by atoms with Gasteiger partial charge in [-0.3, -0.25) is 0 Å². The van der Waals surface area contributed by atoms with E-state index in [9.17, 15) is 21.6 Å². The molecule has 0 aliphatic carbocycles. The van der Waals surface area contributed by atoms with Crippen molar-refractivity contribution in [3.05, 3.63) is 10.8 Å². The van der Waals surface area contributed by atoms with Crippen LogP contribution in [-0.2, 0) is 19.0 Å². The predicted octanol–water partition coefficient (Wildman–Crippen LogP) is 1.72. The topological polar surface area (TPSA) is 52.6 Å². The number of hydrogen-bond donors (Lipinski definition) is 0. The van der Waals surface area contributed by atoms with Crippen LogP contribution in [0.1, 0.15) is 6.42 Å². The summed E-state index contributed by atoms with van der Waals surface area (Å²) in [5, 5.41) is -0.172. The Kier molecular flexibility index (Phi) is 3.51. The Balaban J connectivity index is 2.87. The van der Waals surface area contributed by atoms with E-state index in [1.807, 2.05) is 0 Å². The number of rotatable bonds is 2. The zero-order valence-electron chi connectivity index (χ0n) is 7.17. The highest BCUT2D eigenvalue weighted by Crippen LogP contribution is 2.30. The van der Waals surface area contributed by atoms with E-state index < -0.39 is 21.4 Å². The maximum absolute atomic E-state index is 11.9. The molecule has 0 fully saturated rings. The van der Waals surface area contributed by atoms with E-state index in [-0.39, 0.29) is 24.7 Å². The molecule has 0 saturated heterocycles. The highest BCUT2D eigenvalue weighted by Gasteiger charge is 2.49. The molecule has 1 rings (SSSR count).